The lowest BCUT2D eigenvalue weighted by Gasteiger charge is -2.15. The lowest BCUT2D eigenvalue weighted by Crippen LogP contribution is -2.18. The summed E-state index contributed by atoms with van der Waals surface area (Å²) in [5.74, 6) is 1.02. The van der Waals surface area contributed by atoms with Crippen LogP contribution in [0.4, 0.5) is 0 Å². The van der Waals surface area contributed by atoms with Crippen molar-refractivity contribution in [3.63, 3.8) is 0 Å². The first-order chi connectivity index (χ1) is 7.60. The van der Waals surface area contributed by atoms with Gasteiger partial charge in [-0.3, -0.25) is 0 Å². The fourth-order valence-corrected chi connectivity index (χ4v) is 2.53. The molecule has 88 valence electrons. The van der Waals surface area contributed by atoms with E-state index in [0.29, 0.717) is 5.41 Å². The summed E-state index contributed by atoms with van der Waals surface area (Å²) in [5, 5.41) is 0. The van der Waals surface area contributed by atoms with E-state index >= 15 is 0 Å². The topological polar surface area (TPSA) is 35.2 Å². The van der Waals surface area contributed by atoms with Crippen LogP contribution in [0.15, 0.2) is 12.1 Å². The second-order valence-corrected chi connectivity index (χ2v) is 5.14. The Morgan fingerprint density at radius 3 is 2.19 bits per heavy atom. The van der Waals surface area contributed by atoms with Crippen molar-refractivity contribution in [2.45, 2.75) is 33.1 Å². The molecule has 1 aromatic rings. The third kappa shape index (κ3) is 2.07. The molecule has 0 spiro atoms. The summed E-state index contributed by atoms with van der Waals surface area (Å²) in [4.78, 5) is 0. The molecule has 0 saturated heterocycles. The molecule has 0 atom stereocenters. The van der Waals surface area contributed by atoms with Gasteiger partial charge >= 0.3 is 0 Å². The number of methoxy groups -OCH3 is 1. The molecule has 0 aromatic heterocycles. The maximum absolute atomic E-state index is 5.82. The van der Waals surface area contributed by atoms with Gasteiger partial charge in [-0.15, -0.1) is 0 Å². The van der Waals surface area contributed by atoms with Crippen molar-refractivity contribution in [1.29, 1.82) is 0 Å². The molecule has 2 rings (SSSR count). The highest BCUT2D eigenvalue weighted by Gasteiger charge is 2.40. The molecule has 1 aliphatic carbocycles. The SMILES string of the molecule is COc1c(C)cc(CC2(CN)CC2)cc1C. The van der Waals surface area contributed by atoms with E-state index in [9.17, 15) is 0 Å². The van der Waals surface area contributed by atoms with E-state index < -0.39 is 0 Å². The number of hydrogen-bond donors (Lipinski definition) is 1. The van der Waals surface area contributed by atoms with Gasteiger partial charge in [-0.1, -0.05) is 12.1 Å². The van der Waals surface area contributed by atoms with Crippen LogP contribution >= 0.6 is 0 Å². The Hall–Kier alpha value is -1.02. The highest BCUT2D eigenvalue weighted by Crippen LogP contribution is 2.47. The minimum atomic E-state index is 0.410. The Kier molecular flexibility index (Phi) is 2.94. The molecule has 0 bridgehead atoms. The molecular weight excluding hydrogens is 198 g/mol. The second-order valence-electron chi connectivity index (χ2n) is 5.14. The summed E-state index contributed by atoms with van der Waals surface area (Å²) in [6.45, 7) is 5.03. The molecule has 16 heavy (non-hydrogen) atoms. The highest BCUT2D eigenvalue weighted by atomic mass is 16.5. The Labute approximate surface area is 97.8 Å². The van der Waals surface area contributed by atoms with Gasteiger partial charge in [0, 0.05) is 0 Å². The lowest BCUT2D eigenvalue weighted by molar-refractivity contribution is 0.408. The van der Waals surface area contributed by atoms with E-state index in [4.69, 9.17) is 10.5 Å². The third-order valence-electron chi connectivity index (χ3n) is 3.69. The maximum Gasteiger partial charge on any atom is 0.124 e. The largest absolute Gasteiger partial charge is 0.496 e. The van der Waals surface area contributed by atoms with Crippen LogP contribution in [0.2, 0.25) is 0 Å². The van der Waals surface area contributed by atoms with Crippen LogP contribution in [0.5, 0.6) is 5.75 Å². The molecule has 1 saturated carbocycles. The average Bonchev–Trinajstić information content (AvgIpc) is 2.98. The van der Waals surface area contributed by atoms with Gasteiger partial charge in [0.2, 0.25) is 0 Å². The summed E-state index contributed by atoms with van der Waals surface area (Å²) >= 11 is 0. The van der Waals surface area contributed by atoms with Crippen LogP contribution < -0.4 is 10.5 Å². The summed E-state index contributed by atoms with van der Waals surface area (Å²) in [7, 11) is 1.73. The first-order valence-electron chi connectivity index (χ1n) is 5.94. The average molecular weight is 219 g/mol. The molecular formula is C14H21NO. The molecule has 1 fully saturated rings. The summed E-state index contributed by atoms with van der Waals surface area (Å²) in [6, 6.07) is 4.48. The summed E-state index contributed by atoms with van der Waals surface area (Å²) in [6.07, 6.45) is 3.69. The monoisotopic (exact) mass is 219 g/mol. The molecule has 2 nitrogen and oxygen atoms in total. The number of hydrogen-bond acceptors (Lipinski definition) is 2. The summed E-state index contributed by atoms with van der Waals surface area (Å²) < 4.78 is 5.38. The molecule has 0 unspecified atom stereocenters. The number of nitrogens with two attached hydrogens (primary N) is 1. The zero-order valence-corrected chi connectivity index (χ0v) is 10.5. The molecule has 1 aromatic carbocycles. The molecule has 1 aliphatic rings. The van der Waals surface area contributed by atoms with Crippen LogP contribution in [-0.2, 0) is 6.42 Å². The van der Waals surface area contributed by atoms with E-state index in [2.05, 4.69) is 26.0 Å². The molecule has 0 radical (unpaired) electrons. The molecule has 0 heterocycles. The standard InChI is InChI=1S/C14H21NO/c1-10-6-12(7-11(2)13(10)16-3)8-14(9-15)4-5-14/h6-7H,4-5,8-9,15H2,1-3H3. The second kappa shape index (κ2) is 4.10. The predicted octanol–water partition coefficient (Wildman–Crippen LogP) is 2.59. The van der Waals surface area contributed by atoms with Gasteiger partial charge in [0.05, 0.1) is 7.11 Å². The van der Waals surface area contributed by atoms with Gasteiger partial charge < -0.3 is 10.5 Å². The van der Waals surface area contributed by atoms with Crippen molar-refractivity contribution in [1.82, 2.24) is 0 Å². The molecule has 2 N–H and O–H groups in total. The van der Waals surface area contributed by atoms with Crippen molar-refractivity contribution in [3.05, 3.63) is 28.8 Å². The van der Waals surface area contributed by atoms with E-state index in [1.807, 2.05) is 0 Å². The van der Waals surface area contributed by atoms with E-state index in [1.165, 1.54) is 29.5 Å². The number of benzene rings is 1. The van der Waals surface area contributed by atoms with E-state index in [1.54, 1.807) is 7.11 Å². The fraction of sp³-hybridized carbons (Fsp3) is 0.571. The van der Waals surface area contributed by atoms with Gasteiger partial charge in [-0.05, 0) is 61.8 Å². The van der Waals surface area contributed by atoms with Crippen molar-refractivity contribution < 1.29 is 4.74 Å². The number of rotatable bonds is 4. The Bertz CT molecular complexity index is 371. The Balaban J connectivity index is 2.23. The first-order valence-corrected chi connectivity index (χ1v) is 5.94. The van der Waals surface area contributed by atoms with Crippen molar-refractivity contribution in [3.8, 4) is 5.75 Å². The fourth-order valence-electron chi connectivity index (χ4n) is 2.53. The van der Waals surface area contributed by atoms with Crippen LogP contribution in [0, 0.1) is 19.3 Å². The molecule has 2 heteroatoms. The van der Waals surface area contributed by atoms with Crippen molar-refractivity contribution in [2.24, 2.45) is 11.1 Å². The minimum Gasteiger partial charge on any atom is -0.496 e. The van der Waals surface area contributed by atoms with Gasteiger partial charge in [-0.25, -0.2) is 0 Å². The van der Waals surface area contributed by atoms with Crippen LogP contribution in [0.25, 0.3) is 0 Å². The third-order valence-corrected chi connectivity index (χ3v) is 3.69. The number of ether oxygens (including phenoxy) is 1. The molecule has 0 amide bonds. The Morgan fingerprint density at radius 2 is 1.81 bits per heavy atom. The Morgan fingerprint density at radius 1 is 1.25 bits per heavy atom. The van der Waals surface area contributed by atoms with E-state index in [-0.39, 0.29) is 0 Å². The smallest absolute Gasteiger partial charge is 0.124 e. The van der Waals surface area contributed by atoms with Gasteiger partial charge in [-0.2, -0.15) is 0 Å². The summed E-state index contributed by atoms with van der Waals surface area (Å²) in [5.41, 5.74) is 10.1. The van der Waals surface area contributed by atoms with Gasteiger partial charge in [0.25, 0.3) is 0 Å². The van der Waals surface area contributed by atoms with Crippen LogP contribution in [0.1, 0.15) is 29.5 Å². The zero-order chi connectivity index (χ0) is 11.8. The van der Waals surface area contributed by atoms with Crippen molar-refractivity contribution >= 4 is 0 Å². The first kappa shape index (κ1) is 11.5. The normalized spacial score (nSPS) is 17.2. The van der Waals surface area contributed by atoms with Crippen LogP contribution in [-0.4, -0.2) is 13.7 Å². The maximum atomic E-state index is 5.82. The highest BCUT2D eigenvalue weighted by molar-refractivity contribution is 5.43. The van der Waals surface area contributed by atoms with Crippen LogP contribution in [0.3, 0.4) is 0 Å². The molecule has 0 aliphatic heterocycles. The van der Waals surface area contributed by atoms with Crippen molar-refractivity contribution in [2.75, 3.05) is 13.7 Å². The minimum absolute atomic E-state index is 0.410. The quantitative estimate of drug-likeness (QED) is 0.844. The predicted molar refractivity (Wildman–Crippen MR) is 66.9 cm³/mol. The van der Waals surface area contributed by atoms with Gasteiger partial charge in [0.15, 0.2) is 0 Å². The number of aryl methyl sites for hydroxylation is 2. The lowest BCUT2D eigenvalue weighted by atomic mass is 9.94. The zero-order valence-electron chi connectivity index (χ0n) is 10.5. The van der Waals surface area contributed by atoms with E-state index in [0.717, 1.165) is 18.7 Å². The van der Waals surface area contributed by atoms with Gasteiger partial charge in [0.1, 0.15) is 5.75 Å².